The van der Waals surface area contributed by atoms with Gasteiger partial charge in [-0.05, 0) is 82.1 Å². The number of carbonyl (C=O) groups is 2. The molecule has 3 aliphatic heterocycles. The van der Waals surface area contributed by atoms with Gasteiger partial charge in [-0.3, -0.25) is 9.69 Å². The van der Waals surface area contributed by atoms with E-state index in [4.69, 9.17) is 4.74 Å². The third kappa shape index (κ3) is 4.81. The van der Waals surface area contributed by atoms with Gasteiger partial charge in [-0.2, -0.15) is 0 Å². The van der Waals surface area contributed by atoms with Gasteiger partial charge in [0.25, 0.3) is 0 Å². The highest BCUT2D eigenvalue weighted by Crippen LogP contribution is 2.43. The SMILES string of the molecule is COC(=O)N1CCC2(CC1)CCN(C1CCCC(NC(=O)C3CC4C(F)CCC(C)C4N3)C1)C2. The summed E-state index contributed by atoms with van der Waals surface area (Å²) in [7, 11) is 1.45. The summed E-state index contributed by atoms with van der Waals surface area (Å²) >= 11 is 0. The second kappa shape index (κ2) is 9.92. The molecule has 0 radical (unpaired) electrons. The Morgan fingerprint density at radius 2 is 1.82 bits per heavy atom. The lowest BCUT2D eigenvalue weighted by Crippen LogP contribution is -2.51. The second-order valence-electron chi connectivity index (χ2n) is 11.9. The van der Waals surface area contributed by atoms with Crippen LogP contribution in [0.25, 0.3) is 0 Å². The number of likely N-dealkylation sites (tertiary alicyclic amines) is 2. The fraction of sp³-hybridized carbons (Fsp3) is 0.923. The fourth-order valence-electron chi connectivity index (χ4n) is 7.71. The number of halogens is 1. The maximum absolute atomic E-state index is 14.5. The molecule has 7 unspecified atom stereocenters. The number of nitrogens with zero attached hydrogens (tertiary/aromatic N) is 2. The maximum Gasteiger partial charge on any atom is 0.409 e. The van der Waals surface area contributed by atoms with Gasteiger partial charge in [0, 0.05) is 43.7 Å². The van der Waals surface area contributed by atoms with Crippen molar-refractivity contribution in [3.05, 3.63) is 0 Å². The topological polar surface area (TPSA) is 73.9 Å². The van der Waals surface area contributed by atoms with Gasteiger partial charge in [-0.1, -0.05) is 6.92 Å². The summed E-state index contributed by atoms with van der Waals surface area (Å²) < 4.78 is 19.4. The van der Waals surface area contributed by atoms with Crippen molar-refractivity contribution in [2.45, 2.75) is 101 Å². The van der Waals surface area contributed by atoms with Gasteiger partial charge in [0.2, 0.25) is 5.91 Å². The minimum Gasteiger partial charge on any atom is -0.453 e. The van der Waals surface area contributed by atoms with Crippen molar-refractivity contribution < 1.29 is 18.7 Å². The molecule has 2 saturated carbocycles. The minimum absolute atomic E-state index is 0.00927. The standard InChI is InChI=1S/C26H43FN4O3/c1-17-6-7-21(27)20-15-22(29-23(17)20)24(32)28-18-4-3-5-19(14-18)31-13-10-26(16-31)8-11-30(12-9-26)25(33)34-2/h17-23,29H,3-16H2,1-2H3,(H,28,32). The molecule has 5 aliphatic rings. The number of rotatable bonds is 3. The van der Waals surface area contributed by atoms with Crippen LogP contribution >= 0.6 is 0 Å². The van der Waals surface area contributed by atoms with E-state index in [2.05, 4.69) is 22.5 Å². The number of hydrogen-bond donors (Lipinski definition) is 2. The number of piperidine rings is 1. The Morgan fingerprint density at radius 3 is 2.56 bits per heavy atom. The van der Waals surface area contributed by atoms with Crippen LogP contribution in [-0.4, -0.2) is 85.4 Å². The molecule has 2 amide bonds. The summed E-state index contributed by atoms with van der Waals surface area (Å²) in [5.41, 5.74) is 0.324. The van der Waals surface area contributed by atoms with Crippen molar-refractivity contribution in [1.29, 1.82) is 0 Å². The number of methoxy groups -OCH3 is 1. The smallest absolute Gasteiger partial charge is 0.409 e. The molecule has 7 nitrogen and oxygen atoms in total. The summed E-state index contributed by atoms with van der Waals surface area (Å²) in [6, 6.07) is 0.632. The lowest BCUT2D eigenvalue weighted by molar-refractivity contribution is -0.124. The number of carbonyl (C=O) groups excluding carboxylic acids is 2. The monoisotopic (exact) mass is 478 g/mol. The molecule has 34 heavy (non-hydrogen) atoms. The summed E-state index contributed by atoms with van der Waals surface area (Å²) in [4.78, 5) is 29.4. The third-order valence-corrected chi connectivity index (χ3v) is 9.89. The first-order chi connectivity index (χ1) is 16.4. The van der Waals surface area contributed by atoms with Gasteiger partial charge in [0.05, 0.1) is 13.2 Å². The van der Waals surface area contributed by atoms with E-state index in [1.807, 2.05) is 4.90 Å². The first-order valence-corrected chi connectivity index (χ1v) is 13.6. The number of amides is 2. The Balaban J connectivity index is 1.11. The van der Waals surface area contributed by atoms with E-state index in [-0.39, 0.29) is 36.0 Å². The highest BCUT2D eigenvalue weighted by Gasteiger charge is 2.47. The molecule has 2 aliphatic carbocycles. The summed E-state index contributed by atoms with van der Waals surface area (Å²) in [6.45, 7) is 5.99. The van der Waals surface area contributed by atoms with Gasteiger partial charge < -0.3 is 20.3 Å². The van der Waals surface area contributed by atoms with Gasteiger partial charge in [0.15, 0.2) is 0 Å². The maximum atomic E-state index is 14.5. The average Bonchev–Trinajstić information content (AvgIpc) is 3.48. The molecule has 5 rings (SSSR count). The second-order valence-corrected chi connectivity index (χ2v) is 11.9. The lowest BCUT2D eigenvalue weighted by atomic mass is 9.77. The Hall–Kier alpha value is -1.41. The zero-order valence-electron chi connectivity index (χ0n) is 20.9. The largest absolute Gasteiger partial charge is 0.453 e. The van der Waals surface area contributed by atoms with Crippen molar-refractivity contribution in [2.75, 3.05) is 33.3 Å². The number of ether oxygens (including phenoxy) is 1. The Kier molecular flexibility index (Phi) is 7.09. The van der Waals surface area contributed by atoms with Crippen molar-refractivity contribution in [3.63, 3.8) is 0 Å². The molecule has 2 N–H and O–H groups in total. The predicted octanol–water partition coefficient (Wildman–Crippen LogP) is 3.08. The summed E-state index contributed by atoms with van der Waals surface area (Å²) in [6.07, 6.45) is 8.90. The van der Waals surface area contributed by atoms with Crippen LogP contribution in [0.4, 0.5) is 9.18 Å². The zero-order chi connectivity index (χ0) is 23.9. The number of nitrogens with one attached hydrogen (secondary N) is 2. The van der Waals surface area contributed by atoms with Gasteiger partial charge in [-0.25, -0.2) is 9.18 Å². The molecule has 0 aromatic carbocycles. The lowest BCUT2D eigenvalue weighted by Gasteiger charge is -2.40. The molecular weight excluding hydrogens is 435 g/mol. The minimum atomic E-state index is -0.771. The van der Waals surface area contributed by atoms with Crippen molar-refractivity contribution in [1.82, 2.24) is 20.4 Å². The van der Waals surface area contributed by atoms with E-state index < -0.39 is 6.17 Å². The molecule has 3 saturated heterocycles. The molecule has 8 heteroatoms. The van der Waals surface area contributed by atoms with Crippen LogP contribution in [-0.2, 0) is 9.53 Å². The molecule has 3 heterocycles. The normalized spacial score (nSPS) is 40.2. The fourth-order valence-corrected chi connectivity index (χ4v) is 7.71. The van der Waals surface area contributed by atoms with Crippen molar-refractivity contribution >= 4 is 12.0 Å². The Morgan fingerprint density at radius 1 is 1.06 bits per heavy atom. The number of hydrogen-bond acceptors (Lipinski definition) is 5. The van der Waals surface area contributed by atoms with Crippen LogP contribution in [0.2, 0.25) is 0 Å². The van der Waals surface area contributed by atoms with Crippen LogP contribution in [0, 0.1) is 17.3 Å². The summed E-state index contributed by atoms with van der Waals surface area (Å²) in [5, 5.41) is 6.82. The first-order valence-electron chi connectivity index (χ1n) is 13.6. The highest BCUT2D eigenvalue weighted by atomic mass is 19.1. The summed E-state index contributed by atoms with van der Waals surface area (Å²) in [5.74, 6) is 0.508. The zero-order valence-corrected chi connectivity index (χ0v) is 20.9. The van der Waals surface area contributed by atoms with Crippen LogP contribution in [0.1, 0.15) is 71.1 Å². The molecule has 0 aromatic heterocycles. The third-order valence-electron chi connectivity index (χ3n) is 9.89. The first kappa shape index (κ1) is 24.3. The van der Waals surface area contributed by atoms with E-state index in [0.717, 1.165) is 64.7 Å². The van der Waals surface area contributed by atoms with E-state index in [1.165, 1.54) is 20.0 Å². The van der Waals surface area contributed by atoms with Crippen LogP contribution < -0.4 is 10.6 Å². The molecule has 0 aromatic rings. The number of fused-ring (bicyclic) bond motifs is 1. The predicted molar refractivity (Wildman–Crippen MR) is 128 cm³/mol. The van der Waals surface area contributed by atoms with Crippen molar-refractivity contribution in [3.8, 4) is 0 Å². The Bertz CT molecular complexity index is 740. The van der Waals surface area contributed by atoms with E-state index in [9.17, 15) is 14.0 Å². The van der Waals surface area contributed by atoms with Crippen LogP contribution in [0.15, 0.2) is 0 Å². The van der Waals surface area contributed by atoms with Gasteiger partial charge in [0.1, 0.15) is 6.17 Å². The van der Waals surface area contributed by atoms with E-state index in [0.29, 0.717) is 30.2 Å². The van der Waals surface area contributed by atoms with Crippen LogP contribution in [0.3, 0.4) is 0 Å². The van der Waals surface area contributed by atoms with E-state index in [1.54, 1.807) is 0 Å². The molecule has 192 valence electrons. The van der Waals surface area contributed by atoms with Crippen molar-refractivity contribution in [2.24, 2.45) is 17.3 Å². The van der Waals surface area contributed by atoms with Crippen LogP contribution in [0.5, 0.6) is 0 Å². The quantitative estimate of drug-likeness (QED) is 0.652. The Labute approximate surface area is 203 Å². The molecule has 7 atom stereocenters. The highest BCUT2D eigenvalue weighted by molar-refractivity contribution is 5.82. The van der Waals surface area contributed by atoms with Gasteiger partial charge >= 0.3 is 6.09 Å². The number of alkyl halides is 1. The average molecular weight is 479 g/mol. The van der Waals surface area contributed by atoms with Gasteiger partial charge in [-0.15, -0.1) is 0 Å². The van der Waals surface area contributed by atoms with E-state index >= 15 is 0 Å². The molecule has 0 bridgehead atoms. The molecule has 5 fully saturated rings. The molecular formula is C26H43FN4O3. The molecule has 1 spiro atoms.